The molecule has 0 aromatic heterocycles. The highest BCUT2D eigenvalue weighted by Gasteiger charge is 2.30. The molecular weight excluding hydrogens is 1210 g/mol. The Morgan fingerprint density at radius 1 is 0.293 bits per heavy atom. The van der Waals surface area contributed by atoms with Crippen molar-refractivity contribution in [1.82, 2.24) is 0 Å². The number of rotatable bonds is 72. The first kappa shape index (κ1) is 90.1. The molecule has 546 valence electrons. The van der Waals surface area contributed by atoms with Crippen LogP contribution in [0.2, 0.25) is 0 Å². The molecule has 3 N–H and O–H groups in total. The Morgan fingerprint density at radius 3 is 0.739 bits per heavy atom. The van der Waals surface area contributed by atoms with Crippen LogP contribution in [0.15, 0.2) is 0 Å². The van der Waals surface area contributed by atoms with Crippen molar-refractivity contribution in [3.63, 3.8) is 0 Å². The number of ether oxygens (including phenoxy) is 4. The molecule has 0 rings (SSSR count). The molecule has 0 aromatic carbocycles. The maximum atomic E-state index is 13.1. The van der Waals surface area contributed by atoms with Crippen molar-refractivity contribution in [2.45, 2.75) is 394 Å². The summed E-state index contributed by atoms with van der Waals surface area (Å²) in [5.74, 6) is -0.777. The molecule has 0 fully saturated rings. The quantitative estimate of drug-likeness (QED) is 0.0222. The largest absolute Gasteiger partial charge is 0.472 e. The molecule has 5 atom stereocenters. The maximum absolute atomic E-state index is 13.1. The summed E-state index contributed by atoms with van der Waals surface area (Å²) >= 11 is 0. The fraction of sp³-hybridized carbons (Fsp3) is 0.945. The van der Waals surface area contributed by atoms with Crippen molar-refractivity contribution in [3.8, 4) is 0 Å². The van der Waals surface area contributed by atoms with E-state index in [4.69, 9.17) is 37.0 Å². The number of aliphatic hydroxyl groups is 1. The Morgan fingerprint density at radius 2 is 0.500 bits per heavy atom. The predicted octanol–water partition coefficient (Wildman–Crippen LogP) is 21.2. The number of carbonyl (C=O) groups is 4. The molecule has 0 saturated heterocycles. The second-order valence-corrected chi connectivity index (χ2v) is 30.2. The Hall–Kier alpha value is -1.94. The molecule has 0 aliphatic rings. The average molecular weight is 1350 g/mol. The van der Waals surface area contributed by atoms with E-state index >= 15 is 0 Å². The van der Waals surface area contributed by atoms with Crippen molar-refractivity contribution < 1.29 is 80.2 Å². The maximum Gasteiger partial charge on any atom is 0.472 e. The lowest BCUT2D eigenvalue weighted by Gasteiger charge is -2.21. The zero-order chi connectivity index (χ0) is 67.9. The summed E-state index contributed by atoms with van der Waals surface area (Å²) in [7, 11) is -9.90. The zero-order valence-corrected chi connectivity index (χ0v) is 61.6. The molecule has 0 saturated carbocycles. The number of phosphoric acid groups is 2. The van der Waals surface area contributed by atoms with Crippen LogP contribution in [-0.4, -0.2) is 96.7 Å². The summed E-state index contributed by atoms with van der Waals surface area (Å²) in [6.07, 6.45) is 51.8. The molecule has 0 amide bonds. The van der Waals surface area contributed by atoms with Crippen LogP contribution in [0.1, 0.15) is 375 Å². The minimum Gasteiger partial charge on any atom is -0.462 e. The molecule has 19 heteroatoms. The molecule has 0 bridgehead atoms. The lowest BCUT2D eigenvalue weighted by atomic mass is 10.0. The molecule has 92 heavy (non-hydrogen) atoms. The van der Waals surface area contributed by atoms with Crippen LogP contribution in [0.25, 0.3) is 0 Å². The second-order valence-electron chi connectivity index (χ2n) is 27.3. The van der Waals surface area contributed by atoms with Crippen molar-refractivity contribution in [2.75, 3.05) is 39.6 Å². The molecule has 0 aliphatic heterocycles. The van der Waals surface area contributed by atoms with Crippen LogP contribution in [0.5, 0.6) is 0 Å². The smallest absolute Gasteiger partial charge is 0.462 e. The van der Waals surface area contributed by atoms with Gasteiger partial charge in [-0.25, -0.2) is 9.13 Å². The van der Waals surface area contributed by atoms with Gasteiger partial charge in [-0.3, -0.25) is 37.3 Å². The number of phosphoric ester groups is 2. The van der Waals surface area contributed by atoms with E-state index in [-0.39, 0.29) is 25.7 Å². The molecule has 0 heterocycles. The molecule has 0 radical (unpaired) electrons. The van der Waals surface area contributed by atoms with Crippen molar-refractivity contribution in [1.29, 1.82) is 0 Å². The number of hydrogen-bond donors (Lipinski definition) is 3. The Labute approximate surface area is 562 Å². The van der Waals surface area contributed by atoms with Gasteiger partial charge in [0, 0.05) is 25.7 Å². The third-order valence-electron chi connectivity index (χ3n) is 17.0. The lowest BCUT2D eigenvalue weighted by molar-refractivity contribution is -0.161. The third kappa shape index (κ3) is 66.7. The van der Waals surface area contributed by atoms with E-state index in [2.05, 4.69) is 41.5 Å². The van der Waals surface area contributed by atoms with Gasteiger partial charge < -0.3 is 33.8 Å². The summed E-state index contributed by atoms with van der Waals surface area (Å²) in [5, 5.41) is 10.6. The number of unbranched alkanes of at least 4 members (excludes halogenated alkanes) is 42. The Kier molecular flexibility index (Phi) is 63.7. The highest BCUT2D eigenvalue weighted by molar-refractivity contribution is 7.47. The van der Waals surface area contributed by atoms with E-state index in [9.17, 15) is 43.2 Å². The van der Waals surface area contributed by atoms with Crippen LogP contribution in [0, 0.1) is 11.8 Å². The summed E-state index contributed by atoms with van der Waals surface area (Å²) in [5.41, 5.74) is 0. The molecule has 0 aromatic rings. The van der Waals surface area contributed by atoms with Gasteiger partial charge >= 0.3 is 39.5 Å². The van der Waals surface area contributed by atoms with Gasteiger partial charge in [-0.15, -0.1) is 0 Å². The fourth-order valence-electron chi connectivity index (χ4n) is 11.1. The van der Waals surface area contributed by atoms with Crippen LogP contribution >= 0.6 is 15.6 Å². The number of hydrogen-bond acceptors (Lipinski definition) is 15. The Balaban J connectivity index is 5.20. The first-order valence-electron chi connectivity index (χ1n) is 38.0. The second kappa shape index (κ2) is 65.0. The van der Waals surface area contributed by atoms with Gasteiger partial charge in [-0.1, -0.05) is 324 Å². The average Bonchev–Trinajstić information content (AvgIpc) is 1.78. The van der Waals surface area contributed by atoms with Gasteiger partial charge in [0.2, 0.25) is 0 Å². The highest BCUT2D eigenvalue weighted by atomic mass is 31.2. The summed E-state index contributed by atoms with van der Waals surface area (Å²) < 4.78 is 68.3. The van der Waals surface area contributed by atoms with E-state index in [1.54, 1.807) is 0 Å². The van der Waals surface area contributed by atoms with Crippen molar-refractivity contribution in [2.24, 2.45) is 11.8 Å². The summed E-state index contributed by atoms with van der Waals surface area (Å²) in [6, 6.07) is 0. The standard InChI is InChI=1S/C73H142O17P2/c1-7-9-11-13-15-17-19-21-23-25-26-28-30-32-34-36-45-51-57-72(77)89-68(61-83-70(75)55-49-43-35-33-31-29-27-24-22-20-18-16-14-12-10-8-2)63-87-91(79,80)85-59-67(74)60-86-92(81,82)88-64-69(90-73(78)58-52-46-40-38-42-48-54-66(5)6)62-84-71(76)56-50-44-39-37-41-47-53-65(3)4/h65-69,74H,7-64H2,1-6H3,(H,79,80)(H,81,82)/t67-,68-,69-/m1/s1. The molecule has 0 aliphatic carbocycles. The first-order chi connectivity index (χ1) is 44.4. The topological polar surface area (TPSA) is 237 Å². The zero-order valence-electron chi connectivity index (χ0n) is 59.9. The van der Waals surface area contributed by atoms with Gasteiger partial charge in [0.25, 0.3) is 0 Å². The summed E-state index contributed by atoms with van der Waals surface area (Å²) in [6.45, 7) is 9.39. The highest BCUT2D eigenvalue weighted by Crippen LogP contribution is 2.45. The lowest BCUT2D eigenvalue weighted by Crippen LogP contribution is -2.30. The van der Waals surface area contributed by atoms with Crippen molar-refractivity contribution in [3.05, 3.63) is 0 Å². The van der Waals surface area contributed by atoms with E-state index in [0.717, 1.165) is 96.3 Å². The number of aliphatic hydroxyl groups excluding tert-OH is 1. The van der Waals surface area contributed by atoms with Crippen LogP contribution < -0.4 is 0 Å². The van der Waals surface area contributed by atoms with Crippen LogP contribution in [-0.2, 0) is 65.4 Å². The van der Waals surface area contributed by atoms with E-state index < -0.39 is 97.5 Å². The van der Waals surface area contributed by atoms with E-state index in [0.29, 0.717) is 37.5 Å². The fourth-order valence-corrected chi connectivity index (χ4v) is 12.7. The summed E-state index contributed by atoms with van der Waals surface area (Å²) in [4.78, 5) is 72.6. The predicted molar refractivity (Wildman–Crippen MR) is 372 cm³/mol. The molecule has 17 nitrogen and oxygen atoms in total. The Bertz CT molecular complexity index is 1790. The minimum atomic E-state index is -4.95. The van der Waals surface area contributed by atoms with Crippen molar-refractivity contribution >= 4 is 39.5 Å². The van der Waals surface area contributed by atoms with E-state index in [1.165, 1.54) is 186 Å². The van der Waals surface area contributed by atoms with Gasteiger partial charge in [0.05, 0.1) is 26.4 Å². The molecule has 2 unspecified atom stereocenters. The van der Waals surface area contributed by atoms with Gasteiger partial charge in [0.15, 0.2) is 12.2 Å². The normalized spacial score (nSPS) is 14.1. The number of esters is 4. The van der Waals surface area contributed by atoms with Crippen LogP contribution in [0.4, 0.5) is 0 Å². The third-order valence-corrected chi connectivity index (χ3v) is 18.9. The van der Waals surface area contributed by atoms with E-state index in [1.807, 2.05) is 0 Å². The molecule has 0 spiro atoms. The number of carbonyl (C=O) groups excluding carboxylic acids is 4. The minimum absolute atomic E-state index is 0.101. The SMILES string of the molecule is CCCCCCCCCCCCCCCCCCCCC(=O)O[C@H](COC(=O)CCCCCCCCCCCCCCCCCC)COP(=O)(O)OC[C@@H](O)COP(=O)(O)OC[C@@H](COC(=O)CCCCCCCCC(C)C)OC(=O)CCCCCCCCC(C)C. The first-order valence-corrected chi connectivity index (χ1v) is 41.0. The molecular formula is C73H142O17P2. The van der Waals surface area contributed by atoms with Gasteiger partial charge in [-0.05, 0) is 37.5 Å². The van der Waals surface area contributed by atoms with Crippen LogP contribution in [0.3, 0.4) is 0 Å². The monoisotopic (exact) mass is 1350 g/mol. The van der Waals surface area contributed by atoms with Gasteiger partial charge in [-0.2, -0.15) is 0 Å². The van der Waals surface area contributed by atoms with Gasteiger partial charge in [0.1, 0.15) is 19.3 Å².